The molecule has 3 atom stereocenters. The van der Waals surface area contributed by atoms with Crippen LogP contribution >= 0.6 is 23.4 Å². The molecule has 0 aliphatic carbocycles. The zero-order valence-corrected chi connectivity index (χ0v) is 15.4. The molecule has 2 aliphatic heterocycles. The van der Waals surface area contributed by atoms with Crippen molar-refractivity contribution in [3.63, 3.8) is 0 Å². The molecule has 0 bridgehead atoms. The Labute approximate surface area is 154 Å². The molecule has 2 amide bonds. The Kier molecular flexibility index (Phi) is 4.92. The molecule has 0 unspecified atom stereocenters. The quantitative estimate of drug-likeness (QED) is 0.800. The number of pyridine rings is 1. The first-order valence-corrected chi connectivity index (χ1v) is 9.25. The van der Waals surface area contributed by atoms with E-state index in [1.54, 1.807) is 28.8 Å². The second-order valence-electron chi connectivity index (χ2n) is 6.20. The molecule has 0 saturated carbocycles. The van der Waals surface area contributed by atoms with Crippen molar-refractivity contribution in [3.8, 4) is 0 Å². The topological polar surface area (TPSA) is 88.6 Å². The van der Waals surface area contributed by atoms with E-state index in [9.17, 15) is 14.4 Å². The number of hydrogen-bond acceptors (Lipinski definition) is 6. The van der Waals surface area contributed by atoms with Crippen molar-refractivity contribution in [2.75, 3.05) is 11.1 Å². The predicted octanol–water partition coefficient (Wildman–Crippen LogP) is 2.06. The monoisotopic (exact) mass is 383 g/mol. The van der Waals surface area contributed by atoms with Gasteiger partial charge in [0.25, 0.3) is 5.91 Å². The van der Waals surface area contributed by atoms with E-state index in [1.165, 1.54) is 13.1 Å². The van der Waals surface area contributed by atoms with Crippen molar-refractivity contribution in [1.29, 1.82) is 0 Å². The molecular weight excluding hydrogens is 366 g/mol. The van der Waals surface area contributed by atoms with Gasteiger partial charge in [-0.1, -0.05) is 11.6 Å². The highest BCUT2D eigenvalue weighted by atomic mass is 35.5. The number of esters is 1. The summed E-state index contributed by atoms with van der Waals surface area (Å²) in [7, 11) is 0. The van der Waals surface area contributed by atoms with E-state index in [0.717, 1.165) is 6.42 Å². The van der Waals surface area contributed by atoms with Gasteiger partial charge >= 0.3 is 5.97 Å². The Bertz CT molecular complexity index is 714. The number of carbonyl (C=O) groups excluding carboxylic acids is 3. The Hall–Kier alpha value is -1.80. The van der Waals surface area contributed by atoms with Crippen molar-refractivity contribution in [2.24, 2.45) is 0 Å². The molecule has 9 heteroatoms. The van der Waals surface area contributed by atoms with Crippen LogP contribution in [0.15, 0.2) is 18.3 Å². The summed E-state index contributed by atoms with van der Waals surface area (Å²) in [6.07, 6.45) is 1.56. The third-order valence-corrected chi connectivity index (χ3v) is 6.09. The highest BCUT2D eigenvalue weighted by molar-refractivity contribution is 8.01. The van der Waals surface area contributed by atoms with E-state index in [2.05, 4.69) is 10.3 Å². The van der Waals surface area contributed by atoms with Gasteiger partial charge in [-0.25, -0.2) is 9.78 Å². The van der Waals surface area contributed by atoms with Crippen molar-refractivity contribution >= 4 is 47.0 Å². The Balaban J connectivity index is 1.59. The van der Waals surface area contributed by atoms with Gasteiger partial charge in [0.05, 0.1) is 9.89 Å². The number of amides is 2. The summed E-state index contributed by atoms with van der Waals surface area (Å²) in [6.45, 7) is 3.44. The number of rotatable bonds is 4. The summed E-state index contributed by atoms with van der Waals surface area (Å²) in [5, 5.41) is 3.01. The Morgan fingerprint density at radius 1 is 1.52 bits per heavy atom. The molecule has 0 aromatic carbocycles. The Morgan fingerprint density at radius 3 is 2.96 bits per heavy atom. The van der Waals surface area contributed by atoms with Gasteiger partial charge in [0.15, 0.2) is 6.10 Å². The summed E-state index contributed by atoms with van der Waals surface area (Å²) in [4.78, 5) is 41.9. The van der Waals surface area contributed by atoms with Crippen LogP contribution in [-0.2, 0) is 19.1 Å². The number of hydrogen-bond donors (Lipinski definition) is 1. The standard InChI is InChI=1S/C16H18ClN3O4S/c1-9(14(22)19-12-4-3-10(17)7-18-12)24-15(23)11-8-25-16(2)6-5-13(21)20(11)16/h3-4,7,9,11H,5-6,8H2,1-2H3,(H,18,19,22)/t9-,11+,16-/m0/s1. The predicted molar refractivity (Wildman–Crippen MR) is 94.2 cm³/mol. The van der Waals surface area contributed by atoms with Gasteiger partial charge < -0.3 is 15.0 Å². The molecule has 134 valence electrons. The maximum atomic E-state index is 12.4. The van der Waals surface area contributed by atoms with Crippen LogP contribution in [-0.4, -0.2) is 50.4 Å². The minimum absolute atomic E-state index is 0.0445. The third kappa shape index (κ3) is 3.59. The van der Waals surface area contributed by atoms with Crippen LogP contribution in [0.5, 0.6) is 0 Å². The van der Waals surface area contributed by atoms with Gasteiger partial charge in [0.2, 0.25) is 5.91 Å². The number of aromatic nitrogens is 1. The second kappa shape index (κ2) is 6.84. The fourth-order valence-corrected chi connectivity index (χ4v) is 4.51. The first-order chi connectivity index (χ1) is 11.8. The first-order valence-electron chi connectivity index (χ1n) is 7.89. The molecule has 7 nitrogen and oxygen atoms in total. The molecule has 0 spiro atoms. The number of carbonyl (C=O) groups is 3. The minimum atomic E-state index is -1.00. The normalized spacial score (nSPS) is 26.3. The molecule has 0 radical (unpaired) electrons. The second-order valence-corrected chi connectivity index (χ2v) is 8.13. The average molecular weight is 384 g/mol. The third-order valence-electron chi connectivity index (χ3n) is 4.36. The summed E-state index contributed by atoms with van der Waals surface area (Å²) in [5.41, 5.74) is 0. The van der Waals surface area contributed by atoms with Crippen LogP contribution in [0.1, 0.15) is 26.7 Å². The molecule has 1 aromatic rings. The highest BCUT2D eigenvalue weighted by Gasteiger charge is 2.53. The van der Waals surface area contributed by atoms with Crippen LogP contribution in [0.4, 0.5) is 5.82 Å². The molecular formula is C16H18ClN3O4S. The van der Waals surface area contributed by atoms with E-state index >= 15 is 0 Å². The van der Waals surface area contributed by atoms with Crippen molar-refractivity contribution < 1.29 is 19.1 Å². The van der Waals surface area contributed by atoms with Crippen LogP contribution in [0.25, 0.3) is 0 Å². The molecule has 1 aromatic heterocycles. The van der Waals surface area contributed by atoms with Crippen LogP contribution in [0.2, 0.25) is 5.02 Å². The van der Waals surface area contributed by atoms with Gasteiger partial charge in [-0.05, 0) is 32.4 Å². The van der Waals surface area contributed by atoms with Gasteiger partial charge in [-0.2, -0.15) is 0 Å². The smallest absolute Gasteiger partial charge is 0.330 e. The van der Waals surface area contributed by atoms with Gasteiger partial charge in [0.1, 0.15) is 11.9 Å². The SMILES string of the molecule is C[C@H](OC(=O)[C@H]1CS[C@@]2(C)CCC(=O)N12)C(=O)Nc1ccc(Cl)cn1. The van der Waals surface area contributed by atoms with Gasteiger partial charge in [0, 0.05) is 18.4 Å². The van der Waals surface area contributed by atoms with Crippen LogP contribution < -0.4 is 5.32 Å². The zero-order valence-electron chi connectivity index (χ0n) is 13.8. The lowest BCUT2D eigenvalue weighted by atomic mass is 10.2. The largest absolute Gasteiger partial charge is 0.451 e. The van der Waals surface area contributed by atoms with Gasteiger partial charge in [-0.15, -0.1) is 11.8 Å². The van der Waals surface area contributed by atoms with Crippen molar-refractivity contribution in [2.45, 2.75) is 43.7 Å². The van der Waals surface area contributed by atoms with Crippen LogP contribution in [0, 0.1) is 0 Å². The maximum Gasteiger partial charge on any atom is 0.330 e. The zero-order chi connectivity index (χ0) is 18.2. The Morgan fingerprint density at radius 2 is 2.28 bits per heavy atom. The summed E-state index contributed by atoms with van der Waals surface area (Å²) in [6, 6.07) is 2.50. The lowest BCUT2D eigenvalue weighted by Crippen LogP contribution is -2.48. The summed E-state index contributed by atoms with van der Waals surface area (Å²) >= 11 is 7.32. The minimum Gasteiger partial charge on any atom is -0.451 e. The van der Waals surface area contributed by atoms with Crippen molar-refractivity contribution in [1.82, 2.24) is 9.88 Å². The van der Waals surface area contributed by atoms with E-state index < -0.39 is 24.0 Å². The summed E-state index contributed by atoms with van der Waals surface area (Å²) < 4.78 is 5.28. The number of fused-ring (bicyclic) bond motifs is 1. The number of ether oxygens (including phenoxy) is 1. The van der Waals surface area contributed by atoms with Crippen molar-refractivity contribution in [3.05, 3.63) is 23.4 Å². The number of thioether (sulfide) groups is 1. The van der Waals surface area contributed by atoms with Crippen LogP contribution in [0.3, 0.4) is 0 Å². The van der Waals surface area contributed by atoms with E-state index in [4.69, 9.17) is 16.3 Å². The highest BCUT2D eigenvalue weighted by Crippen LogP contribution is 2.47. The van der Waals surface area contributed by atoms with E-state index in [1.807, 2.05) is 6.92 Å². The van der Waals surface area contributed by atoms with Gasteiger partial charge in [-0.3, -0.25) is 9.59 Å². The molecule has 1 N–H and O–H groups in total. The fourth-order valence-electron chi connectivity index (χ4n) is 2.98. The molecule has 2 aliphatic rings. The number of anilines is 1. The number of nitrogens with one attached hydrogen (secondary N) is 1. The molecule has 2 fully saturated rings. The average Bonchev–Trinajstić information content (AvgIpc) is 3.06. The lowest BCUT2D eigenvalue weighted by Gasteiger charge is -2.29. The molecule has 3 heterocycles. The first kappa shape index (κ1) is 18.0. The summed E-state index contributed by atoms with van der Waals surface area (Å²) in [5.74, 6) is -0.302. The molecule has 2 saturated heterocycles. The van der Waals surface area contributed by atoms with E-state index in [-0.39, 0.29) is 10.8 Å². The lowest BCUT2D eigenvalue weighted by molar-refractivity contribution is -0.160. The number of nitrogens with zero attached hydrogens (tertiary/aromatic N) is 2. The molecule has 25 heavy (non-hydrogen) atoms. The maximum absolute atomic E-state index is 12.4. The fraction of sp³-hybridized carbons (Fsp3) is 0.500. The van der Waals surface area contributed by atoms with E-state index in [0.29, 0.717) is 23.0 Å². The molecule has 3 rings (SSSR count). The number of halogens is 1.